The number of benzene rings is 1. The molecule has 1 aromatic carbocycles. The number of nitrogens with one attached hydrogen (secondary N) is 3. The molecule has 0 fully saturated rings. The number of guanidine groups is 1. The Morgan fingerprint density at radius 3 is 2.36 bits per heavy atom. The first-order valence-corrected chi connectivity index (χ1v) is 9.40. The zero-order chi connectivity index (χ0) is 17.8. The van der Waals surface area contributed by atoms with Gasteiger partial charge in [0.2, 0.25) is 5.91 Å². The second kappa shape index (κ2) is 13.3. The highest BCUT2D eigenvalue weighted by atomic mass is 127. The summed E-state index contributed by atoms with van der Waals surface area (Å²) >= 11 is 1.81. The fraction of sp³-hybridized carbons (Fsp3) is 0.556. The number of rotatable bonds is 8. The number of halogens is 1. The number of amides is 1. The summed E-state index contributed by atoms with van der Waals surface area (Å²) in [7, 11) is 0. The van der Waals surface area contributed by atoms with Crippen LogP contribution >= 0.6 is 35.7 Å². The lowest BCUT2D eigenvalue weighted by Gasteiger charge is -2.17. The minimum absolute atomic E-state index is 0. The quantitative estimate of drug-likeness (QED) is 0.177. The van der Waals surface area contributed by atoms with Gasteiger partial charge >= 0.3 is 0 Å². The summed E-state index contributed by atoms with van der Waals surface area (Å²) in [6, 6.07) is 10.3. The summed E-state index contributed by atoms with van der Waals surface area (Å²) < 4.78 is 0. The van der Waals surface area contributed by atoms with E-state index in [1.807, 2.05) is 57.7 Å². The molecule has 1 amide bonds. The van der Waals surface area contributed by atoms with Gasteiger partial charge in [0.05, 0.1) is 6.54 Å². The average Bonchev–Trinajstić information content (AvgIpc) is 2.55. The molecule has 0 saturated carbocycles. The van der Waals surface area contributed by atoms with E-state index in [-0.39, 0.29) is 35.3 Å². The number of hydrogen-bond acceptors (Lipinski definition) is 3. The van der Waals surface area contributed by atoms with Gasteiger partial charge in [0.25, 0.3) is 0 Å². The molecule has 0 saturated heterocycles. The summed E-state index contributed by atoms with van der Waals surface area (Å²) in [5.41, 5.74) is -0.360. The van der Waals surface area contributed by atoms with Crippen LogP contribution in [0.1, 0.15) is 27.7 Å². The van der Waals surface area contributed by atoms with Gasteiger partial charge < -0.3 is 16.0 Å². The summed E-state index contributed by atoms with van der Waals surface area (Å²) in [6.45, 7) is 10.5. The topological polar surface area (TPSA) is 65.5 Å². The third kappa shape index (κ3) is 11.3. The number of hydrogen-bond donors (Lipinski definition) is 3. The maximum atomic E-state index is 11.8. The van der Waals surface area contributed by atoms with Crippen molar-refractivity contribution in [3.63, 3.8) is 0 Å². The smallest absolute Gasteiger partial charge is 0.225 e. The van der Waals surface area contributed by atoms with Crippen LogP contribution in [0.2, 0.25) is 0 Å². The van der Waals surface area contributed by atoms with Crippen LogP contribution in [0.4, 0.5) is 0 Å². The van der Waals surface area contributed by atoms with Gasteiger partial charge in [-0.2, -0.15) is 0 Å². The minimum atomic E-state index is -0.360. The van der Waals surface area contributed by atoms with E-state index in [4.69, 9.17) is 0 Å². The fourth-order valence-electron chi connectivity index (χ4n) is 1.80. The largest absolute Gasteiger partial charge is 0.357 e. The monoisotopic (exact) mass is 478 g/mol. The molecule has 25 heavy (non-hydrogen) atoms. The highest BCUT2D eigenvalue weighted by Gasteiger charge is 2.20. The van der Waals surface area contributed by atoms with E-state index in [1.165, 1.54) is 4.90 Å². The standard InChI is InChI=1S/C18H30N4OS.HI/c1-5-19-17(21-12-11-20-16(23)18(2,3)4)22-13-14-24-15-9-7-6-8-10-15;/h6-10H,5,11-14H2,1-4H3,(H,20,23)(H2,19,21,22);1H. The third-order valence-corrected chi connectivity index (χ3v) is 4.11. The molecule has 0 spiro atoms. The van der Waals surface area contributed by atoms with E-state index in [1.54, 1.807) is 0 Å². The van der Waals surface area contributed by atoms with Crippen molar-refractivity contribution in [1.29, 1.82) is 0 Å². The molecule has 0 atom stereocenters. The molecule has 3 N–H and O–H groups in total. The van der Waals surface area contributed by atoms with Crippen molar-refractivity contribution in [2.45, 2.75) is 32.6 Å². The van der Waals surface area contributed by atoms with E-state index < -0.39 is 0 Å². The Bertz CT molecular complexity index is 518. The third-order valence-electron chi connectivity index (χ3n) is 3.10. The molecule has 0 unspecified atom stereocenters. The predicted octanol–water partition coefficient (Wildman–Crippen LogP) is 3.11. The van der Waals surface area contributed by atoms with Gasteiger partial charge in [0.15, 0.2) is 5.96 Å². The van der Waals surface area contributed by atoms with Crippen LogP contribution in [0, 0.1) is 5.41 Å². The lowest BCUT2D eigenvalue weighted by Crippen LogP contribution is -2.40. The Kier molecular flexibility index (Phi) is 12.8. The van der Waals surface area contributed by atoms with Crippen molar-refractivity contribution in [2.24, 2.45) is 10.4 Å². The maximum Gasteiger partial charge on any atom is 0.225 e. The number of aliphatic imine (C=N–C) groups is 1. The van der Waals surface area contributed by atoms with Gasteiger partial charge in [-0.1, -0.05) is 39.0 Å². The molecule has 7 heteroatoms. The van der Waals surface area contributed by atoms with Gasteiger partial charge in [0, 0.05) is 35.7 Å². The molecule has 0 radical (unpaired) electrons. The summed E-state index contributed by atoms with van der Waals surface area (Å²) in [5.74, 6) is 1.81. The summed E-state index contributed by atoms with van der Waals surface area (Å²) in [4.78, 5) is 17.5. The van der Waals surface area contributed by atoms with Crippen molar-refractivity contribution >= 4 is 47.6 Å². The molecular formula is C18H31IN4OS. The normalized spacial score (nSPS) is 11.4. The first kappa shape index (κ1) is 24.0. The van der Waals surface area contributed by atoms with Crippen LogP contribution in [0.3, 0.4) is 0 Å². The van der Waals surface area contributed by atoms with Crippen LogP contribution in [-0.2, 0) is 4.79 Å². The maximum absolute atomic E-state index is 11.8. The molecule has 0 bridgehead atoms. The van der Waals surface area contributed by atoms with E-state index in [0.717, 1.165) is 24.8 Å². The van der Waals surface area contributed by atoms with Crippen LogP contribution in [0.15, 0.2) is 40.2 Å². The van der Waals surface area contributed by atoms with Crippen molar-refractivity contribution in [3.05, 3.63) is 30.3 Å². The number of thioether (sulfide) groups is 1. The molecule has 0 aliphatic heterocycles. The number of nitrogens with zero attached hydrogens (tertiary/aromatic N) is 1. The van der Waals surface area contributed by atoms with Gasteiger partial charge in [-0.15, -0.1) is 35.7 Å². The first-order valence-electron chi connectivity index (χ1n) is 8.42. The first-order chi connectivity index (χ1) is 11.4. The van der Waals surface area contributed by atoms with Gasteiger partial charge in [-0.05, 0) is 19.1 Å². The van der Waals surface area contributed by atoms with Crippen molar-refractivity contribution in [3.8, 4) is 0 Å². The highest BCUT2D eigenvalue weighted by Crippen LogP contribution is 2.15. The van der Waals surface area contributed by atoms with Crippen LogP contribution < -0.4 is 16.0 Å². The minimum Gasteiger partial charge on any atom is -0.357 e. The molecule has 1 aromatic rings. The van der Waals surface area contributed by atoms with E-state index in [2.05, 4.69) is 33.1 Å². The lowest BCUT2D eigenvalue weighted by molar-refractivity contribution is -0.128. The fourth-order valence-corrected chi connectivity index (χ4v) is 2.59. The Morgan fingerprint density at radius 1 is 1.08 bits per heavy atom. The van der Waals surface area contributed by atoms with E-state index in [0.29, 0.717) is 13.1 Å². The number of carbonyl (C=O) groups is 1. The lowest BCUT2D eigenvalue weighted by atomic mass is 9.96. The molecule has 0 aliphatic carbocycles. The van der Waals surface area contributed by atoms with Crippen molar-refractivity contribution < 1.29 is 4.79 Å². The molecule has 0 aromatic heterocycles. The Balaban J connectivity index is 0.00000576. The molecule has 0 aliphatic rings. The van der Waals surface area contributed by atoms with E-state index in [9.17, 15) is 4.79 Å². The van der Waals surface area contributed by atoms with Crippen molar-refractivity contribution in [1.82, 2.24) is 16.0 Å². The zero-order valence-corrected chi connectivity index (χ0v) is 18.7. The van der Waals surface area contributed by atoms with Gasteiger partial charge in [0.1, 0.15) is 0 Å². The Morgan fingerprint density at radius 2 is 1.76 bits per heavy atom. The summed E-state index contributed by atoms with van der Waals surface area (Å²) in [6.07, 6.45) is 0. The van der Waals surface area contributed by atoms with Crippen LogP contribution in [0.5, 0.6) is 0 Å². The molecule has 0 heterocycles. The molecular weight excluding hydrogens is 447 g/mol. The van der Waals surface area contributed by atoms with E-state index >= 15 is 0 Å². The number of carbonyl (C=O) groups excluding carboxylic acids is 1. The Labute approximate surface area is 173 Å². The predicted molar refractivity (Wildman–Crippen MR) is 119 cm³/mol. The molecule has 5 nitrogen and oxygen atoms in total. The van der Waals surface area contributed by atoms with Gasteiger partial charge in [-0.3, -0.25) is 9.79 Å². The van der Waals surface area contributed by atoms with Crippen LogP contribution in [0.25, 0.3) is 0 Å². The average molecular weight is 478 g/mol. The summed E-state index contributed by atoms with van der Waals surface area (Å²) in [5, 5.41) is 9.43. The Hall–Kier alpha value is -0.960. The second-order valence-electron chi connectivity index (χ2n) is 6.35. The second-order valence-corrected chi connectivity index (χ2v) is 7.52. The molecule has 142 valence electrons. The molecule has 1 rings (SSSR count). The highest BCUT2D eigenvalue weighted by molar-refractivity contribution is 14.0. The van der Waals surface area contributed by atoms with Crippen molar-refractivity contribution in [2.75, 3.05) is 31.9 Å². The van der Waals surface area contributed by atoms with Gasteiger partial charge in [-0.25, -0.2) is 0 Å². The van der Waals surface area contributed by atoms with Crippen LogP contribution in [-0.4, -0.2) is 43.8 Å². The SMILES string of the molecule is CCNC(=NCCNC(=O)C(C)(C)C)NCCSc1ccccc1.I. The zero-order valence-electron chi connectivity index (χ0n) is 15.6.